The highest BCUT2D eigenvalue weighted by Gasteiger charge is 2.38. The van der Waals surface area contributed by atoms with Crippen molar-refractivity contribution in [1.82, 2.24) is 0 Å². The summed E-state index contributed by atoms with van der Waals surface area (Å²) in [6.45, 7) is 5.98. The second kappa shape index (κ2) is 6.75. The van der Waals surface area contributed by atoms with Gasteiger partial charge in [-0.2, -0.15) is 0 Å². The molecule has 4 heteroatoms. The van der Waals surface area contributed by atoms with Crippen molar-refractivity contribution in [2.75, 3.05) is 11.5 Å². The zero-order valence-corrected chi connectivity index (χ0v) is 15.4. The molecule has 1 aromatic rings. The van der Waals surface area contributed by atoms with E-state index in [4.69, 9.17) is 0 Å². The van der Waals surface area contributed by atoms with E-state index in [0.29, 0.717) is 17.9 Å². The average Bonchev–Trinajstić information content (AvgIpc) is 2.76. The van der Waals surface area contributed by atoms with Crippen molar-refractivity contribution >= 4 is 22.4 Å². The van der Waals surface area contributed by atoms with Crippen LogP contribution < -0.4 is 0 Å². The fraction of sp³-hybridized carbons (Fsp3) is 0.500. The minimum atomic E-state index is -0.696. The van der Waals surface area contributed by atoms with E-state index in [-0.39, 0.29) is 11.6 Å². The van der Waals surface area contributed by atoms with E-state index in [1.165, 1.54) is 0 Å². The van der Waals surface area contributed by atoms with Crippen LogP contribution >= 0.6 is 0 Å². The first kappa shape index (κ1) is 17.3. The van der Waals surface area contributed by atoms with E-state index in [2.05, 4.69) is 0 Å². The van der Waals surface area contributed by atoms with E-state index in [1.54, 1.807) is 6.08 Å². The number of allylic oxidation sites excluding steroid dienone is 2. The second-order valence-corrected chi connectivity index (χ2v) is 8.87. The fourth-order valence-corrected chi connectivity index (χ4v) is 5.47. The number of rotatable bonds is 3. The van der Waals surface area contributed by atoms with Crippen LogP contribution in [0.1, 0.15) is 47.4 Å². The molecule has 24 heavy (non-hydrogen) atoms. The topological polar surface area (TPSA) is 51.2 Å². The molecule has 3 nitrogen and oxygen atoms in total. The molecular weight excluding hydrogens is 320 g/mol. The van der Waals surface area contributed by atoms with Crippen LogP contribution in [0.15, 0.2) is 23.8 Å². The Labute approximate surface area is 146 Å². The Morgan fingerprint density at radius 2 is 1.62 bits per heavy atom. The van der Waals surface area contributed by atoms with Gasteiger partial charge < -0.3 is 0 Å². The third kappa shape index (κ3) is 3.30. The van der Waals surface area contributed by atoms with Gasteiger partial charge >= 0.3 is 0 Å². The van der Waals surface area contributed by atoms with Crippen molar-refractivity contribution in [3.05, 3.63) is 46.0 Å². The SMILES string of the molecule is Cc1cc(C)c(C2C(=O)C=C(CC3CCS(=O)CC3)C2=O)c(C)c1. The molecule has 3 rings (SSSR count). The number of Topliss-reactive ketones (excluding diaryl/α,β-unsaturated/α-hetero) is 1. The Kier molecular flexibility index (Phi) is 4.86. The minimum absolute atomic E-state index is 0.0262. The first-order chi connectivity index (χ1) is 11.4. The molecule has 0 saturated carbocycles. The number of ketones is 2. The van der Waals surface area contributed by atoms with Gasteiger partial charge in [-0.05, 0) is 68.7 Å². The van der Waals surface area contributed by atoms with Crippen LogP contribution in [0.2, 0.25) is 0 Å². The van der Waals surface area contributed by atoms with Crippen LogP contribution in [0.3, 0.4) is 0 Å². The molecule has 2 aliphatic rings. The molecule has 1 aliphatic heterocycles. The molecular formula is C20H24O3S. The molecule has 0 N–H and O–H groups in total. The molecule has 1 aromatic carbocycles. The van der Waals surface area contributed by atoms with Crippen molar-refractivity contribution in [2.24, 2.45) is 5.92 Å². The average molecular weight is 344 g/mol. The Balaban J connectivity index is 1.81. The van der Waals surface area contributed by atoms with Crippen molar-refractivity contribution in [2.45, 2.75) is 46.0 Å². The zero-order valence-electron chi connectivity index (χ0n) is 14.6. The molecule has 1 aliphatic carbocycles. The highest BCUT2D eigenvalue weighted by molar-refractivity contribution is 7.85. The molecule has 0 aromatic heterocycles. The molecule has 128 valence electrons. The fourth-order valence-electron chi connectivity index (χ4n) is 4.08. The van der Waals surface area contributed by atoms with Crippen molar-refractivity contribution in [3.63, 3.8) is 0 Å². The monoisotopic (exact) mass is 344 g/mol. The summed E-state index contributed by atoms with van der Waals surface area (Å²) in [6, 6.07) is 4.08. The number of carbonyl (C=O) groups excluding carboxylic acids is 2. The Morgan fingerprint density at radius 1 is 1.04 bits per heavy atom. The summed E-state index contributed by atoms with van der Waals surface area (Å²) >= 11 is 0. The van der Waals surface area contributed by atoms with Crippen molar-refractivity contribution < 1.29 is 13.8 Å². The third-order valence-electron chi connectivity index (χ3n) is 5.22. The van der Waals surface area contributed by atoms with E-state index in [1.807, 2.05) is 32.9 Å². The van der Waals surface area contributed by atoms with Gasteiger partial charge in [-0.25, -0.2) is 0 Å². The predicted octanol–water partition coefficient (Wildman–Crippen LogP) is 3.32. The van der Waals surface area contributed by atoms with E-state index in [9.17, 15) is 13.8 Å². The van der Waals surface area contributed by atoms with E-state index in [0.717, 1.165) is 46.6 Å². The van der Waals surface area contributed by atoms with Gasteiger partial charge in [0.2, 0.25) is 0 Å². The van der Waals surface area contributed by atoms with Crippen molar-refractivity contribution in [1.29, 1.82) is 0 Å². The van der Waals surface area contributed by atoms with E-state index < -0.39 is 16.7 Å². The molecule has 0 spiro atoms. The van der Waals surface area contributed by atoms with Gasteiger partial charge in [0.15, 0.2) is 11.6 Å². The standard InChI is InChI=1S/C20H24O3S/c1-12-8-13(2)18(14(3)9-12)19-17(21)11-16(20(19)22)10-15-4-6-24(23)7-5-15/h8-9,11,15,19H,4-7,10H2,1-3H3. The van der Waals surface area contributed by atoms with Crippen LogP contribution in [-0.2, 0) is 20.4 Å². The summed E-state index contributed by atoms with van der Waals surface area (Å²) in [5, 5.41) is 0. The lowest BCUT2D eigenvalue weighted by molar-refractivity contribution is -0.123. The number of benzene rings is 1. The second-order valence-electron chi connectivity index (χ2n) is 7.18. The number of aryl methyl sites for hydroxylation is 3. The van der Waals surface area contributed by atoms with E-state index >= 15 is 0 Å². The van der Waals surface area contributed by atoms with Gasteiger partial charge in [0, 0.05) is 27.9 Å². The summed E-state index contributed by atoms with van der Waals surface area (Å²) in [6.07, 6.45) is 4.00. The quantitative estimate of drug-likeness (QED) is 0.791. The van der Waals surface area contributed by atoms with Gasteiger partial charge in [-0.3, -0.25) is 13.8 Å². The summed E-state index contributed by atoms with van der Waals surface area (Å²) < 4.78 is 11.5. The molecule has 1 unspecified atom stereocenters. The number of hydrogen-bond donors (Lipinski definition) is 0. The molecule has 1 atom stereocenters. The highest BCUT2D eigenvalue weighted by atomic mass is 32.2. The first-order valence-electron chi connectivity index (χ1n) is 8.58. The minimum Gasteiger partial charge on any atom is -0.294 e. The summed E-state index contributed by atoms with van der Waals surface area (Å²) in [4.78, 5) is 25.4. The summed E-state index contributed by atoms with van der Waals surface area (Å²) in [5.41, 5.74) is 4.73. The molecule has 1 saturated heterocycles. The Hall–Kier alpha value is -1.55. The molecule has 0 radical (unpaired) electrons. The van der Waals surface area contributed by atoms with Gasteiger partial charge in [-0.15, -0.1) is 0 Å². The maximum atomic E-state index is 12.9. The normalized spacial score (nSPS) is 27.5. The van der Waals surface area contributed by atoms with Gasteiger partial charge in [0.25, 0.3) is 0 Å². The lowest BCUT2D eigenvalue weighted by Crippen LogP contribution is -2.21. The molecule has 0 bridgehead atoms. The summed E-state index contributed by atoms with van der Waals surface area (Å²) in [7, 11) is -0.696. The number of carbonyl (C=O) groups is 2. The lowest BCUT2D eigenvalue weighted by atomic mass is 9.84. The largest absolute Gasteiger partial charge is 0.294 e. The smallest absolute Gasteiger partial charge is 0.174 e. The first-order valence-corrected chi connectivity index (χ1v) is 10.1. The molecule has 1 fully saturated rings. The van der Waals surface area contributed by atoms with Crippen LogP contribution in [-0.4, -0.2) is 27.3 Å². The molecule has 0 amide bonds. The molecule has 1 heterocycles. The van der Waals surface area contributed by atoms with Crippen LogP contribution in [0, 0.1) is 26.7 Å². The van der Waals surface area contributed by atoms with Crippen LogP contribution in [0.5, 0.6) is 0 Å². The van der Waals surface area contributed by atoms with Crippen LogP contribution in [0.4, 0.5) is 0 Å². The van der Waals surface area contributed by atoms with Crippen molar-refractivity contribution in [3.8, 4) is 0 Å². The number of hydrogen-bond acceptors (Lipinski definition) is 3. The Morgan fingerprint density at radius 3 is 2.21 bits per heavy atom. The lowest BCUT2D eigenvalue weighted by Gasteiger charge is -2.22. The van der Waals surface area contributed by atoms with Gasteiger partial charge in [0.05, 0.1) is 0 Å². The van der Waals surface area contributed by atoms with Crippen LogP contribution in [0.25, 0.3) is 0 Å². The maximum absolute atomic E-state index is 12.9. The van der Waals surface area contributed by atoms with Gasteiger partial charge in [0.1, 0.15) is 5.92 Å². The predicted molar refractivity (Wildman–Crippen MR) is 96.7 cm³/mol. The zero-order chi connectivity index (χ0) is 17.4. The maximum Gasteiger partial charge on any atom is 0.174 e. The Bertz CT molecular complexity index is 727. The van der Waals surface area contributed by atoms with Gasteiger partial charge in [-0.1, -0.05) is 17.7 Å². The summed E-state index contributed by atoms with van der Waals surface area (Å²) in [5.74, 6) is 1.06. The third-order valence-corrected chi connectivity index (χ3v) is 6.60. The highest BCUT2D eigenvalue weighted by Crippen LogP contribution is 2.36.